The van der Waals surface area contributed by atoms with E-state index < -0.39 is 7.14 Å². The van der Waals surface area contributed by atoms with Crippen LogP contribution in [0.5, 0.6) is 0 Å². The Morgan fingerprint density at radius 2 is 1.20 bits per heavy atom. The molecule has 65 heavy (non-hydrogen) atoms. The Bertz CT molecular complexity index is 3640. The molecule has 0 fully saturated rings. The minimum atomic E-state index is -3.20. The van der Waals surface area contributed by atoms with E-state index in [1.54, 1.807) is 0 Å². The third-order valence-electron chi connectivity index (χ3n) is 14.5. The lowest BCUT2D eigenvalue weighted by Gasteiger charge is -2.28. The zero-order chi connectivity index (χ0) is 43.4. The molecule has 10 aromatic rings. The van der Waals surface area contributed by atoms with Crippen molar-refractivity contribution >= 4 is 67.9 Å². The van der Waals surface area contributed by atoms with Crippen LogP contribution in [0, 0.1) is 0 Å². The van der Waals surface area contributed by atoms with Gasteiger partial charge in [0.1, 0.15) is 0 Å². The standard InChI is InChI=1S/C61H45N2OP/c1-61(2)54-25-15-14-24-49(54)50-31-29-46(39-55(50)61)62(43-17-6-3-7-18-43)45-30-35-59-52(38-45)51-36-42(28-34-58(51)65(59,64)47-21-10-5-11-22-47)41-27-32-56-53(37-41)60-48-23-13-12-16-40(48)26-33-57(60)63(56)44-19-8-4-9-20-44/h3-36,38-39,41H,37H2,1-2H3. The topological polar surface area (TPSA) is 25.2 Å². The second-order valence-electron chi connectivity index (χ2n) is 18.4. The van der Waals surface area contributed by atoms with Crippen LogP contribution in [0.4, 0.5) is 17.1 Å². The van der Waals surface area contributed by atoms with Crippen molar-refractivity contribution in [1.82, 2.24) is 4.57 Å². The fourth-order valence-corrected chi connectivity index (χ4v) is 14.5. The minimum absolute atomic E-state index is 0.129. The van der Waals surface area contributed by atoms with E-state index in [9.17, 15) is 0 Å². The van der Waals surface area contributed by atoms with Gasteiger partial charge in [-0.25, -0.2) is 0 Å². The lowest BCUT2D eigenvalue weighted by Crippen LogP contribution is -2.21. The van der Waals surface area contributed by atoms with E-state index in [1.807, 2.05) is 30.3 Å². The maximum atomic E-state index is 16.0. The van der Waals surface area contributed by atoms with Crippen molar-refractivity contribution in [3.63, 3.8) is 0 Å². The smallest absolute Gasteiger partial charge is 0.172 e. The Labute approximate surface area is 380 Å². The number of hydrogen-bond donors (Lipinski definition) is 0. The van der Waals surface area contributed by atoms with Crippen molar-refractivity contribution in [3.8, 4) is 27.9 Å². The van der Waals surface area contributed by atoms with Crippen molar-refractivity contribution in [2.75, 3.05) is 4.90 Å². The molecule has 0 N–H and O–H groups in total. The second-order valence-corrected chi connectivity index (χ2v) is 21.1. The average molecular weight is 853 g/mol. The second kappa shape index (κ2) is 14.3. The van der Waals surface area contributed by atoms with E-state index in [2.05, 4.69) is 211 Å². The van der Waals surface area contributed by atoms with Crippen LogP contribution < -0.4 is 20.8 Å². The van der Waals surface area contributed by atoms with Crippen LogP contribution in [0.2, 0.25) is 0 Å². The van der Waals surface area contributed by atoms with E-state index in [0.29, 0.717) is 0 Å². The number of allylic oxidation sites excluding steroid dienone is 1. The highest BCUT2D eigenvalue weighted by molar-refractivity contribution is 7.86. The summed E-state index contributed by atoms with van der Waals surface area (Å²) < 4.78 is 18.4. The van der Waals surface area contributed by atoms with E-state index in [0.717, 1.165) is 56.2 Å². The molecule has 2 heterocycles. The highest BCUT2D eigenvalue weighted by Crippen LogP contribution is 2.55. The zero-order valence-electron chi connectivity index (χ0n) is 36.3. The summed E-state index contributed by atoms with van der Waals surface area (Å²) in [6.45, 7) is 4.68. The molecule has 2 unspecified atom stereocenters. The zero-order valence-corrected chi connectivity index (χ0v) is 37.2. The van der Waals surface area contributed by atoms with Gasteiger partial charge in [-0.3, -0.25) is 0 Å². The molecule has 0 saturated heterocycles. The Balaban J connectivity index is 0.969. The van der Waals surface area contributed by atoms with Crippen molar-refractivity contribution < 1.29 is 4.57 Å². The first-order valence-electron chi connectivity index (χ1n) is 22.7. The van der Waals surface area contributed by atoms with Gasteiger partial charge < -0.3 is 14.0 Å². The van der Waals surface area contributed by atoms with Crippen molar-refractivity contribution in [2.45, 2.75) is 31.6 Å². The molecule has 9 aromatic carbocycles. The van der Waals surface area contributed by atoms with E-state index in [4.69, 9.17) is 0 Å². The quantitative estimate of drug-likeness (QED) is 0.156. The van der Waals surface area contributed by atoms with Gasteiger partial charge in [-0.05, 0) is 141 Å². The Hall–Kier alpha value is -7.45. The van der Waals surface area contributed by atoms with E-state index >= 15 is 4.57 Å². The summed E-state index contributed by atoms with van der Waals surface area (Å²) in [6.07, 6.45) is 5.59. The van der Waals surface area contributed by atoms with Crippen molar-refractivity contribution in [3.05, 3.63) is 240 Å². The van der Waals surface area contributed by atoms with Crippen LogP contribution >= 0.6 is 7.14 Å². The molecule has 13 rings (SSSR count). The summed E-state index contributed by atoms with van der Waals surface area (Å²) in [6, 6.07) is 74.0. The lowest BCUT2D eigenvalue weighted by atomic mass is 9.82. The largest absolute Gasteiger partial charge is 0.310 e. The first-order chi connectivity index (χ1) is 31.9. The van der Waals surface area contributed by atoms with Crippen molar-refractivity contribution in [1.29, 1.82) is 0 Å². The predicted molar refractivity (Wildman–Crippen MR) is 273 cm³/mol. The molecule has 2 atom stereocenters. The molecule has 310 valence electrons. The maximum absolute atomic E-state index is 16.0. The van der Waals surface area contributed by atoms with Gasteiger partial charge in [-0.15, -0.1) is 0 Å². The molecule has 2 aliphatic carbocycles. The van der Waals surface area contributed by atoms with Crippen LogP contribution in [-0.4, -0.2) is 4.57 Å². The fraction of sp³-hybridized carbons (Fsp3) is 0.0820. The summed E-state index contributed by atoms with van der Waals surface area (Å²) in [7, 11) is -3.20. The first kappa shape index (κ1) is 38.0. The van der Waals surface area contributed by atoms with Gasteiger partial charge in [0, 0.05) is 61.1 Å². The monoisotopic (exact) mass is 852 g/mol. The van der Waals surface area contributed by atoms with Gasteiger partial charge in [0.25, 0.3) is 0 Å². The van der Waals surface area contributed by atoms with Gasteiger partial charge in [-0.1, -0.05) is 153 Å². The van der Waals surface area contributed by atoms with E-state index in [-0.39, 0.29) is 11.3 Å². The summed E-state index contributed by atoms with van der Waals surface area (Å²) >= 11 is 0. The van der Waals surface area contributed by atoms with Gasteiger partial charge in [0.05, 0.1) is 5.52 Å². The molecule has 1 aliphatic heterocycles. The molecule has 1 aromatic heterocycles. The predicted octanol–water partition coefficient (Wildman–Crippen LogP) is 14.5. The van der Waals surface area contributed by atoms with Gasteiger partial charge in [0.2, 0.25) is 0 Å². The molecule has 3 aliphatic rings. The molecule has 0 radical (unpaired) electrons. The van der Waals surface area contributed by atoms with E-state index in [1.165, 1.54) is 60.8 Å². The summed E-state index contributed by atoms with van der Waals surface area (Å²) in [5.41, 5.74) is 16.7. The van der Waals surface area contributed by atoms with Crippen LogP contribution in [0.1, 0.15) is 47.7 Å². The number of fused-ring (bicyclic) bond motifs is 11. The number of anilines is 3. The normalized spacial score (nSPS) is 17.4. The van der Waals surface area contributed by atoms with Crippen LogP contribution in [0.25, 0.3) is 55.7 Å². The number of hydrogen-bond acceptors (Lipinski definition) is 2. The molecule has 0 saturated carbocycles. The minimum Gasteiger partial charge on any atom is -0.310 e. The van der Waals surface area contributed by atoms with Crippen molar-refractivity contribution in [2.24, 2.45) is 0 Å². The third kappa shape index (κ3) is 5.59. The SMILES string of the molecule is CC1(C)c2ccccc2-c2ccc(N(c3ccccc3)c3ccc4c(c3)-c3cc(C5C=Cc6c(c7c8ccccc8ccc7n6-c6ccccc6)C5)ccc3P4(=O)c3ccccc3)cc21. The molecule has 3 nitrogen and oxygen atoms in total. The number of benzene rings is 9. The Kier molecular flexibility index (Phi) is 8.36. The average Bonchev–Trinajstić information content (AvgIpc) is 3.92. The molecule has 0 amide bonds. The molecule has 0 bridgehead atoms. The fourth-order valence-electron chi connectivity index (χ4n) is 11.4. The van der Waals surface area contributed by atoms with Gasteiger partial charge >= 0.3 is 0 Å². The Morgan fingerprint density at radius 3 is 2.02 bits per heavy atom. The summed E-state index contributed by atoms with van der Waals surface area (Å²) in [5.74, 6) is 0.129. The summed E-state index contributed by atoms with van der Waals surface area (Å²) in [5, 5.41) is 6.53. The summed E-state index contributed by atoms with van der Waals surface area (Å²) in [4.78, 5) is 2.37. The molecule has 4 heteroatoms. The number of aromatic nitrogens is 1. The van der Waals surface area contributed by atoms with Crippen LogP contribution in [0.3, 0.4) is 0 Å². The molecular formula is C61H45N2OP. The van der Waals surface area contributed by atoms with Gasteiger partial charge in [0.15, 0.2) is 7.14 Å². The Morgan fingerprint density at radius 1 is 0.554 bits per heavy atom. The van der Waals surface area contributed by atoms with Crippen LogP contribution in [-0.2, 0) is 16.4 Å². The highest BCUT2D eigenvalue weighted by Gasteiger charge is 2.42. The van der Waals surface area contributed by atoms with Gasteiger partial charge in [-0.2, -0.15) is 0 Å². The number of para-hydroxylation sites is 2. The first-order valence-corrected chi connectivity index (χ1v) is 24.4. The van der Waals surface area contributed by atoms with Crippen LogP contribution in [0.15, 0.2) is 212 Å². The highest BCUT2D eigenvalue weighted by atomic mass is 31.2. The maximum Gasteiger partial charge on any atom is 0.172 e. The molecular weight excluding hydrogens is 808 g/mol. The number of nitrogens with zero attached hydrogens (tertiary/aromatic N) is 2. The lowest BCUT2D eigenvalue weighted by molar-refractivity contribution is 0.593. The molecule has 0 spiro atoms. The third-order valence-corrected chi connectivity index (χ3v) is 17.7. The number of rotatable bonds is 6.